The highest BCUT2D eigenvalue weighted by Crippen LogP contribution is 2.26. The first-order valence-corrected chi connectivity index (χ1v) is 9.62. The molecule has 0 unspecified atom stereocenters. The predicted octanol–water partition coefficient (Wildman–Crippen LogP) is 2.96. The summed E-state index contributed by atoms with van der Waals surface area (Å²) in [6.45, 7) is 4.86. The number of nitrogens with zero attached hydrogens (tertiary/aromatic N) is 2. The molecular formula is C20H23N3O4S. The lowest BCUT2D eigenvalue weighted by Crippen LogP contribution is -2.50. The van der Waals surface area contributed by atoms with Crippen molar-refractivity contribution in [3.05, 3.63) is 35.3 Å². The number of ether oxygens (including phenoxy) is 2. The van der Waals surface area contributed by atoms with E-state index in [4.69, 9.17) is 9.47 Å². The Morgan fingerprint density at radius 3 is 2.57 bits per heavy atom. The second kappa shape index (κ2) is 9.33. The molecule has 1 heterocycles. The minimum absolute atomic E-state index is 0.0281. The van der Waals surface area contributed by atoms with Crippen LogP contribution in [0.4, 0.5) is 0 Å². The molecule has 1 aromatic carbocycles. The zero-order valence-electron chi connectivity index (χ0n) is 16.3. The van der Waals surface area contributed by atoms with Gasteiger partial charge in [-0.2, -0.15) is 5.26 Å². The Bertz CT molecular complexity index is 870. The number of esters is 1. The van der Waals surface area contributed by atoms with Gasteiger partial charge in [-0.25, -0.2) is 4.98 Å². The molecule has 0 fully saturated rings. The molecule has 7 nitrogen and oxygen atoms in total. The van der Waals surface area contributed by atoms with E-state index in [1.807, 2.05) is 38.1 Å². The molecule has 8 heteroatoms. The lowest BCUT2D eigenvalue weighted by Gasteiger charge is -2.27. The van der Waals surface area contributed by atoms with Crippen LogP contribution in [-0.2, 0) is 20.7 Å². The molecule has 0 aliphatic heterocycles. The van der Waals surface area contributed by atoms with Crippen molar-refractivity contribution in [2.75, 3.05) is 13.7 Å². The van der Waals surface area contributed by atoms with E-state index in [0.717, 1.165) is 16.3 Å². The number of amides is 1. The molecule has 1 amide bonds. The average Bonchev–Trinajstić information content (AvgIpc) is 3.14. The molecule has 2 rings (SSSR count). The smallest absolute Gasteiger partial charge is 0.312 e. The summed E-state index contributed by atoms with van der Waals surface area (Å²) in [5, 5.41) is 14.4. The van der Waals surface area contributed by atoms with Crippen LogP contribution in [0.1, 0.15) is 26.5 Å². The van der Waals surface area contributed by atoms with Crippen LogP contribution in [0.3, 0.4) is 0 Å². The third-order valence-electron chi connectivity index (χ3n) is 4.36. The van der Waals surface area contributed by atoms with Crippen LogP contribution in [0.2, 0.25) is 0 Å². The SMILES string of the molecule is COc1ccc(-c2nc(CC(=O)OCC(=O)N[C@](C)(C#N)C(C)C)cs2)cc1. The average molecular weight is 401 g/mol. The molecule has 1 aromatic heterocycles. The molecular weight excluding hydrogens is 378 g/mol. The quantitative estimate of drug-likeness (QED) is 0.683. The van der Waals surface area contributed by atoms with Gasteiger partial charge in [-0.05, 0) is 37.1 Å². The fourth-order valence-corrected chi connectivity index (χ4v) is 3.05. The van der Waals surface area contributed by atoms with E-state index in [0.29, 0.717) is 5.69 Å². The van der Waals surface area contributed by atoms with Crippen molar-refractivity contribution in [1.82, 2.24) is 10.3 Å². The predicted molar refractivity (Wildman–Crippen MR) is 106 cm³/mol. The molecule has 0 saturated carbocycles. The zero-order valence-corrected chi connectivity index (χ0v) is 17.1. The monoisotopic (exact) mass is 401 g/mol. The first kappa shape index (κ1) is 21.4. The number of hydrogen-bond acceptors (Lipinski definition) is 7. The van der Waals surface area contributed by atoms with Gasteiger partial charge in [-0.1, -0.05) is 13.8 Å². The fourth-order valence-electron chi connectivity index (χ4n) is 2.23. The van der Waals surface area contributed by atoms with Crippen molar-refractivity contribution in [2.45, 2.75) is 32.7 Å². The summed E-state index contributed by atoms with van der Waals surface area (Å²) in [6.07, 6.45) is -0.0281. The number of aromatic nitrogens is 1. The Morgan fingerprint density at radius 2 is 2.00 bits per heavy atom. The highest BCUT2D eigenvalue weighted by atomic mass is 32.1. The molecule has 0 bridgehead atoms. The lowest BCUT2D eigenvalue weighted by molar-refractivity contribution is -0.148. The summed E-state index contributed by atoms with van der Waals surface area (Å²) >= 11 is 1.42. The van der Waals surface area contributed by atoms with Crippen molar-refractivity contribution in [1.29, 1.82) is 5.26 Å². The fraction of sp³-hybridized carbons (Fsp3) is 0.400. The second-order valence-corrected chi connectivity index (χ2v) is 7.59. The number of carbonyl (C=O) groups is 2. The van der Waals surface area contributed by atoms with Crippen LogP contribution in [0.15, 0.2) is 29.6 Å². The number of carbonyl (C=O) groups excluding carboxylic acids is 2. The normalized spacial score (nSPS) is 12.7. The number of nitrogens with one attached hydrogen (secondary N) is 1. The standard InChI is InChI=1S/C20H23N3O4S/c1-13(2)20(3,12-21)23-17(24)10-27-18(25)9-15-11-28-19(22-15)14-5-7-16(26-4)8-6-14/h5-8,11,13H,9-10H2,1-4H3,(H,23,24)/t20-/m1/s1. The van der Waals surface area contributed by atoms with Gasteiger partial charge in [0.25, 0.3) is 5.91 Å². The Kier molecular flexibility index (Phi) is 7.12. The van der Waals surface area contributed by atoms with Gasteiger partial charge in [-0.15, -0.1) is 11.3 Å². The number of nitriles is 1. The number of methoxy groups -OCH3 is 1. The van der Waals surface area contributed by atoms with E-state index in [9.17, 15) is 14.9 Å². The summed E-state index contributed by atoms with van der Waals surface area (Å²) in [5.74, 6) is -0.385. The Balaban J connectivity index is 1.87. The van der Waals surface area contributed by atoms with E-state index in [1.54, 1.807) is 19.4 Å². The Morgan fingerprint density at radius 1 is 1.32 bits per heavy atom. The summed E-state index contributed by atoms with van der Waals surface area (Å²) < 4.78 is 10.1. The molecule has 2 aromatic rings. The maximum Gasteiger partial charge on any atom is 0.312 e. The van der Waals surface area contributed by atoms with Gasteiger partial charge in [0.15, 0.2) is 6.61 Å². The van der Waals surface area contributed by atoms with Crippen molar-refractivity contribution < 1.29 is 19.1 Å². The maximum atomic E-state index is 12.0. The first-order valence-electron chi connectivity index (χ1n) is 8.74. The molecule has 0 saturated heterocycles. The molecule has 148 valence electrons. The largest absolute Gasteiger partial charge is 0.497 e. The molecule has 1 N–H and O–H groups in total. The topological polar surface area (TPSA) is 101 Å². The van der Waals surface area contributed by atoms with E-state index >= 15 is 0 Å². The van der Waals surface area contributed by atoms with E-state index in [1.165, 1.54) is 11.3 Å². The molecule has 0 spiro atoms. The van der Waals surface area contributed by atoms with Crippen molar-refractivity contribution in [3.8, 4) is 22.4 Å². The summed E-state index contributed by atoms with van der Waals surface area (Å²) in [6, 6.07) is 9.55. The first-order chi connectivity index (χ1) is 13.3. The lowest BCUT2D eigenvalue weighted by atomic mass is 9.90. The summed E-state index contributed by atoms with van der Waals surface area (Å²) in [4.78, 5) is 28.4. The van der Waals surface area contributed by atoms with Gasteiger partial charge in [0.2, 0.25) is 0 Å². The zero-order chi connectivity index (χ0) is 20.7. The third-order valence-corrected chi connectivity index (χ3v) is 5.30. The van der Waals surface area contributed by atoms with Gasteiger partial charge >= 0.3 is 5.97 Å². The van der Waals surface area contributed by atoms with Crippen molar-refractivity contribution in [3.63, 3.8) is 0 Å². The van der Waals surface area contributed by atoms with Crippen molar-refractivity contribution in [2.24, 2.45) is 5.92 Å². The second-order valence-electron chi connectivity index (χ2n) is 6.73. The van der Waals surface area contributed by atoms with Gasteiger partial charge in [0.1, 0.15) is 16.3 Å². The van der Waals surface area contributed by atoms with Crippen LogP contribution in [0.5, 0.6) is 5.75 Å². The number of thiazole rings is 1. The summed E-state index contributed by atoms with van der Waals surface area (Å²) in [5.41, 5.74) is 0.491. The minimum atomic E-state index is -1.01. The van der Waals surface area contributed by atoms with Gasteiger partial charge in [0.05, 0.1) is 25.3 Å². The molecule has 0 aliphatic carbocycles. The number of hydrogen-bond donors (Lipinski definition) is 1. The van der Waals surface area contributed by atoms with Crippen LogP contribution in [0.25, 0.3) is 10.6 Å². The molecule has 28 heavy (non-hydrogen) atoms. The van der Waals surface area contributed by atoms with Crippen LogP contribution >= 0.6 is 11.3 Å². The highest BCUT2D eigenvalue weighted by Gasteiger charge is 2.30. The molecule has 0 aliphatic rings. The summed E-state index contributed by atoms with van der Waals surface area (Å²) in [7, 11) is 1.60. The van der Waals surface area contributed by atoms with E-state index in [2.05, 4.69) is 16.4 Å². The van der Waals surface area contributed by atoms with E-state index in [-0.39, 0.29) is 12.3 Å². The van der Waals surface area contributed by atoms with Gasteiger partial charge in [-0.3, -0.25) is 9.59 Å². The van der Waals surface area contributed by atoms with Gasteiger partial charge < -0.3 is 14.8 Å². The Hall–Kier alpha value is -2.92. The highest BCUT2D eigenvalue weighted by molar-refractivity contribution is 7.13. The van der Waals surface area contributed by atoms with Crippen LogP contribution < -0.4 is 10.1 Å². The van der Waals surface area contributed by atoms with Crippen LogP contribution in [0, 0.1) is 17.2 Å². The maximum absolute atomic E-state index is 12.0. The molecule has 1 atom stereocenters. The third kappa shape index (κ3) is 5.54. The minimum Gasteiger partial charge on any atom is -0.497 e. The van der Waals surface area contributed by atoms with E-state index < -0.39 is 24.0 Å². The van der Waals surface area contributed by atoms with Crippen LogP contribution in [-0.4, -0.2) is 36.1 Å². The Labute approximate surface area is 168 Å². The molecule has 0 radical (unpaired) electrons. The number of rotatable bonds is 8. The van der Waals surface area contributed by atoms with Crippen molar-refractivity contribution >= 4 is 23.2 Å². The van der Waals surface area contributed by atoms with Gasteiger partial charge in [0, 0.05) is 10.9 Å². The number of benzene rings is 1.